The topological polar surface area (TPSA) is 90.5 Å². The highest BCUT2D eigenvalue weighted by Crippen LogP contribution is 2.04. The largest absolute Gasteiger partial charge is 0.356 e. The van der Waals surface area contributed by atoms with Crippen molar-refractivity contribution < 1.29 is 4.79 Å². The van der Waals surface area contributed by atoms with Crippen LogP contribution in [0.15, 0.2) is 12.4 Å². The number of nitrogens with zero attached hydrogens (tertiary/aromatic N) is 6. The third-order valence-corrected chi connectivity index (χ3v) is 2.94. The van der Waals surface area contributed by atoms with Gasteiger partial charge in [-0.3, -0.25) is 9.48 Å². The summed E-state index contributed by atoms with van der Waals surface area (Å²) in [5.74, 6) is 0.687. The lowest BCUT2D eigenvalue weighted by molar-refractivity contribution is -0.121. The van der Waals surface area contributed by atoms with Crippen molar-refractivity contribution in [1.29, 1.82) is 0 Å². The van der Waals surface area contributed by atoms with E-state index in [-0.39, 0.29) is 5.91 Å². The molecule has 0 aliphatic heterocycles. The van der Waals surface area contributed by atoms with Gasteiger partial charge in [0.05, 0.1) is 17.8 Å². The molecule has 0 aromatic carbocycles. The van der Waals surface area contributed by atoms with Gasteiger partial charge in [-0.2, -0.15) is 5.10 Å². The number of aromatic nitrogens is 6. The molecule has 1 N–H and O–H groups in total. The van der Waals surface area contributed by atoms with E-state index in [9.17, 15) is 4.79 Å². The Morgan fingerprint density at radius 2 is 2.30 bits per heavy atom. The molecule has 9 heteroatoms. The Labute approximate surface area is 121 Å². The molecule has 0 aliphatic rings. The van der Waals surface area contributed by atoms with E-state index in [1.165, 1.54) is 0 Å². The second-order valence-corrected chi connectivity index (χ2v) is 4.76. The minimum Gasteiger partial charge on any atom is -0.356 e. The van der Waals surface area contributed by atoms with Gasteiger partial charge in [0.1, 0.15) is 5.82 Å². The Morgan fingerprint density at radius 1 is 1.45 bits per heavy atom. The molecule has 2 rings (SSSR count). The van der Waals surface area contributed by atoms with Crippen LogP contribution >= 0.6 is 11.6 Å². The summed E-state index contributed by atoms with van der Waals surface area (Å²) in [7, 11) is 0. The first-order chi connectivity index (χ1) is 9.65. The number of nitrogens with one attached hydrogen (secondary N) is 1. The van der Waals surface area contributed by atoms with Crippen molar-refractivity contribution >= 4 is 17.5 Å². The summed E-state index contributed by atoms with van der Waals surface area (Å²) in [5.41, 5.74) is 0. The van der Waals surface area contributed by atoms with E-state index in [0.717, 1.165) is 13.0 Å². The number of tetrazole rings is 1. The van der Waals surface area contributed by atoms with Crippen molar-refractivity contribution in [1.82, 2.24) is 35.3 Å². The zero-order chi connectivity index (χ0) is 14.4. The SMILES string of the molecule is Cc1nnnn1CCC(=O)NCCCn1cc(Cl)cn1. The molecule has 0 saturated carbocycles. The van der Waals surface area contributed by atoms with Gasteiger partial charge < -0.3 is 5.32 Å². The van der Waals surface area contributed by atoms with E-state index in [1.807, 2.05) is 0 Å². The van der Waals surface area contributed by atoms with Crippen molar-refractivity contribution in [2.75, 3.05) is 6.54 Å². The molecule has 2 heterocycles. The van der Waals surface area contributed by atoms with Crippen LogP contribution in [0.1, 0.15) is 18.7 Å². The van der Waals surface area contributed by atoms with Crippen LogP contribution in [0.5, 0.6) is 0 Å². The molecule has 0 saturated heterocycles. The van der Waals surface area contributed by atoms with Crippen LogP contribution in [0.2, 0.25) is 5.02 Å². The molecular weight excluding hydrogens is 282 g/mol. The van der Waals surface area contributed by atoms with Gasteiger partial charge in [-0.25, -0.2) is 4.68 Å². The molecule has 0 unspecified atom stereocenters. The van der Waals surface area contributed by atoms with Gasteiger partial charge >= 0.3 is 0 Å². The van der Waals surface area contributed by atoms with E-state index in [2.05, 4.69) is 25.9 Å². The molecule has 2 aromatic rings. The van der Waals surface area contributed by atoms with E-state index in [0.29, 0.717) is 30.4 Å². The lowest BCUT2D eigenvalue weighted by atomic mass is 10.3. The van der Waals surface area contributed by atoms with Crippen LogP contribution in [0.4, 0.5) is 0 Å². The van der Waals surface area contributed by atoms with E-state index in [4.69, 9.17) is 11.6 Å². The first-order valence-corrected chi connectivity index (χ1v) is 6.70. The second kappa shape index (κ2) is 6.99. The number of carbonyl (C=O) groups is 1. The molecule has 20 heavy (non-hydrogen) atoms. The Balaban J connectivity index is 1.59. The molecule has 1 amide bonds. The summed E-state index contributed by atoms with van der Waals surface area (Å²) in [4.78, 5) is 11.6. The van der Waals surface area contributed by atoms with Gasteiger partial charge in [-0.15, -0.1) is 5.10 Å². The van der Waals surface area contributed by atoms with Crippen molar-refractivity contribution in [2.45, 2.75) is 32.9 Å². The molecule has 0 fully saturated rings. The lowest BCUT2D eigenvalue weighted by Crippen LogP contribution is -2.26. The number of hydrogen-bond donors (Lipinski definition) is 1. The molecule has 108 valence electrons. The predicted molar refractivity (Wildman–Crippen MR) is 72.0 cm³/mol. The summed E-state index contributed by atoms with van der Waals surface area (Å²) in [5, 5.41) is 18.6. The molecule has 0 radical (unpaired) electrons. The first kappa shape index (κ1) is 14.4. The quantitative estimate of drug-likeness (QED) is 0.748. The summed E-state index contributed by atoms with van der Waals surface area (Å²) in [6, 6.07) is 0. The van der Waals surface area contributed by atoms with Crippen molar-refractivity contribution in [3.8, 4) is 0 Å². The van der Waals surface area contributed by atoms with Gasteiger partial charge in [-0.05, 0) is 23.8 Å². The van der Waals surface area contributed by atoms with Crippen LogP contribution in [0, 0.1) is 6.92 Å². The maximum absolute atomic E-state index is 11.6. The summed E-state index contributed by atoms with van der Waals surface area (Å²) < 4.78 is 3.35. The smallest absolute Gasteiger partial charge is 0.221 e. The zero-order valence-corrected chi connectivity index (χ0v) is 11.9. The maximum atomic E-state index is 11.6. The number of hydrogen-bond acceptors (Lipinski definition) is 5. The minimum atomic E-state index is -0.0154. The predicted octanol–water partition coefficient (Wildman–Crippen LogP) is 0.428. The fraction of sp³-hybridized carbons (Fsp3) is 0.545. The molecule has 2 aromatic heterocycles. The summed E-state index contributed by atoms with van der Waals surface area (Å²) >= 11 is 5.75. The first-order valence-electron chi connectivity index (χ1n) is 6.32. The normalized spacial score (nSPS) is 10.7. The second-order valence-electron chi connectivity index (χ2n) is 4.32. The summed E-state index contributed by atoms with van der Waals surface area (Å²) in [6.45, 7) is 3.61. The highest BCUT2D eigenvalue weighted by Gasteiger charge is 2.04. The number of rotatable bonds is 7. The average Bonchev–Trinajstić information content (AvgIpc) is 3.01. The van der Waals surface area contributed by atoms with Crippen LogP contribution < -0.4 is 5.32 Å². The lowest BCUT2D eigenvalue weighted by Gasteiger charge is -2.05. The number of aryl methyl sites for hydroxylation is 3. The van der Waals surface area contributed by atoms with Crippen molar-refractivity contribution in [2.24, 2.45) is 0 Å². The van der Waals surface area contributed by atoms with Gasteiger partial charge in [0.2, 0.25) is 5.91 Å². The molecule has 0 atom stereocenters. The fourth-order valence-corrected chi connectivity index (χ4v) is 1.84. The fourth-order valence-electron chi connectivity index (χ4n) is 1.68. The van der Waals surface area contributed by atoms with Gasteiger partial charge in [0, 0.05) is 25.7 Å². The van der Waals surface area contributed by atoms with Gasteiger partial charge in [0.25, 0.3) is 0 Å². The van der Waals surface area contributed by atoms with E-state index < -0.39 is 0 Å². The molecular formula is C11H16ClN7O. The number of amides is 1. The van der Waals surface area contributed by atoms with Crippen molar-refractivity contribution in [3.05, 3.63) is 23.2 Å². The van der Waals surface area contributed by atoms with E-state index in [1.54, 1.807) is 28.7 Å². The maximum Gasteiger partial charge on any atom is 0.221 e. The molecule has 8 nitrogen and oxygen atoms in total. The third-order valence-electron chi connectivity index (χ3n) is 2.75. The van der Waals surface area contributed by atoms with E-state index >= 15 is 0 Å². The molecule has 0 aliphatic carbocycles. The van der Waals surface area contributed by atoms with Crippen LogP contribution in [-0.2, 0) is 17.9 Å². The third kappa shape index (κ3) is 4.30. The van der Waals surface area contributed by atoms with Crippen LogP contribution in [-0.4, -0.2) is 42.4 Å². The monoisotopic (exact) mass is 297 g/mol. The van der Waals surface area contributed by atoms with Gasteiger partial charge in [-0.1, -0.05) is 11.6 Å². The highest BCUT2D eigenvalue weighted by atomic mass is 35.5. The Morgan fingerprint density at radius 3 is 2.95 bits per heavy atom. The average molecular weight is 298 g/mol. The molecule has 0 spiro atoms. The minimum absolute atomic E-state index is 0.0154. The Hall–Kier alpha value is -1.96. The Bertz CT molecular complexity index is 565. The summed E-state index contributed by atoms with van der Waals surface area (Å²) in [6.07, 6.45) is 4.51. The Kier molecular flexibility index (Phi) is 5.05. The van der Waals surface area contributed by atoms with Gasteiger partial charge in [0.15, 0.2) is 0 Å². The zero-order valence-electron chi connectivity index (χ0n) is 11.2. The number of halogens is 1. The number of carbonyl (C=O) groups excluding carboxylic acids is 1. The van der Waals surface area contributed by atoms with Crippen LogP contribution in [0.3, 0.4) is 0 Å². The standard InChI is InChI=1S/C11H16ClN7O/c1-9-15-16-17-19(9)6-3-11(20)13-4-2-5-18-8-10(12)7-14-18/h7-8H,2-6H2,1H3,(H,13,20). The highest BCUT2D eigenvalue weighted by molar-refractivity contribution is 6.30. The van der Waals surface area contributed by atoms with Crippen molar-refractivity contribution in [3.63, 3.8) is 0 Å². The van der Waals surface area contributed by atoms with Crippen LogP contribution in [0.25, 0.3) is 0 Å². The molecule has 0 bridgehead atoms.